The number of benzene rings is 3. The molecule has 2 heterocycles. The highest BCUT2D eigenvalue weighted by molar-refractivity contribution is 6.02. The van der Waals surface area contributed by atoms with Gasteiger partial charge in [-0.15, -0.1) is 0 Å². The average molecular weight is 363 g/mol. The third-order valence-corrected chi connectivity index (χ3v) is 4.85. The molecule has 0 aliphatic heterocycles. The van der Waals surface area contributed by atoms with E-state index in [4.69, 9.17) is 0 Å². The minimum Gasteiger partial charge on any atom is -0.508 e. The molecule has 3 aromatic carbocycles. The Balaban J connectivity index is 1.60. The molecule has 2 N–H and O–H groups in total. The van der Waals surface area contributed by atoms with Gasteiger partial charge < -0.3 is 10.4 Å². The summed E-state index contributed by atoms with van der Waals surface area (Å²) >= 11 is 0. The summed E-state index contributed by atoms with van der Waals surface area (Å²) in [6.07, 6.45) is 3.61. The van der Waals surface area contributed by atoms with Crippen LogP contribution >= 0.6 is 0 Å². The van der Waals surface area contributed by atoms with E-state index in [0.717, 1.165) is 44.3 Å². The first kappa shape index (κ1) is 16.3. The predicted molar refractivity (Wildman–Crippen MR) is 114 cm³/mol. The summed E-state index contributed by atoms with van der Waals surface area (Å²) in [6, 6.07) is 25.5. The van der Waals surface area contributed by atoms with Gasteiger partial charge in [-0.1, -0.05) is 36.4 Å². The van der Waals surface area contributed by atoms with Crippen LogP contribution in [0.15, 0.2) is 91.3 Å². The largest absolute Gasteiger partial charge is 0.508 e. The molecule has 0 radical (unpaired) electrons. The number of nitrogens with zero attached hydrogens (tertiary/aromatic N) is 2. The minimum absolute atomic E-state index is 0.263. The molecular weight excluding hydrogens is 346 g/mol. The number of aromatic hydroxyl groups is 1. The Kier molecular flexibility index (Phi) is 3.87. The van der Waals surface area contributed by atoms with E-state index >= 15 is 0 Å². The van der Waals surface area contributed by atoms with E-state index in [2.05, 4.69) is 33.5 Å². The van der Waals surface area contributed by atoms with Crippen molar-refractivity contribution in [1.29, 1.82) is 0 Å². The highest BCUT2D eigenvalue weighted by Gasteiger charge is 2.09. The number of phenols is 1. The van der Waals surface area contributed by atoms with Gasteiger partial charge in [0.05, 0.1) is 5.52 Å². The zero-order valence-corrected chi connectivity index (χ0v) is 15.0. The van der Waals surface area contributed by atoms with Gasteiger partial charge in [0.25, 0.3) is 0 Å². The van der Waals surface area contributed by atoms with Crippen LogP contribution in [0.4, 0.5) is 11.5 Å². The van der Waals surface area contributed by atoms with Crippen LogP contribution in [0.2, 0.25) is 0 Å². The van der Waals surface area contributed by atoms with Gasteiger partial charge in [-0.3, -0.25) is 4.98 Å². The number of pyridine rings is 2. The highest BCUT2D eigenvalue weighted by atomic mass is 16.3. The molecule has 0 saturated heterocycles. The Hall–Kier alpha value is -3.92. The van der Waals surface area contributed by atoms with Gasteiger partial charge >= 0.3 is 0 Å². The fourth-order valence-corrected chi connectivity index (χ4v) is 3.49. The number of hydrogen-bond acceptors (Lipinski definition) is 4. The van der Waals surface area contributed by atoms with E-state index in [1.165, 1.54) is 0 Å². The molecule has 0 unspecified atom stereocenters. The molecule has 4 nitrogen and oxygen atoms in total. The lowest BCUT2D eigenvalue weighted by molar-refractivity contribution is 0.475. The smallest absolute Gasteiger partial charge is 0.138 e. The highest BCUT2D eigenvalue weighted by Crippen LogP contribution is 2.33. The number of anilines is 2. The standard InChI is InChI=1S/C24H17N3O/c28-19-9-6-16(7-10-19)20-4-1-5-22-21(20)12-14-26-24(22)27-18-8-11-23-17(15-18)3-2-13-25-23/h1-15,28H,(H,26,27). The van der Waals surface area contributed by atoms with Crippen LogP contribution in [0.3, 0.4) is 0 Å². The average Bonchev–Trinajstić information content (AvgIpc) is 2.74. The predicted octanol–water partition coefficient (Wildman–Crippen LogP) is 5.90. The number of phenolic OH excluding ortho intramolecular Hbond substituents is 1. The van der Waals surface area contributed by atoms with Crippen LogP contribution in [0, 0.1) is 0 Å². The van der Waals surface area contributed by atoms with E-state index in [-0.39, 0.29) is 5.75 Å². The van der Waals surface area contributed by atoms with Crippen molar-refractivity contribution >= 4 is 33.2 Å². The van der Waals surface area contributed by atoms with E-state index in [1.807, 2.05) is 54.7 Å². The topological polar surface area (TPSA) is 58.0 Å². The van der Waals surface area contributed by atoms with Crippen molar-refractivity contribution < 1.29 is 5.11 Å². The quantitative estimate of drug-likeness (QED) is 0.419. The maximum absolute atomic E-state index is 9.58. The fraction of sp³-hybridized carbons (Fsp3) is 0. The Bertz CT molecular complexity index is 1300. The molecule has 0 aliphatic rings. The van der Waals surface area contributed by atoms with Crippen molar-refractivity contribution in [3.05, 3.63) is 91.3 Å². The molecule has 0 atom stereocenters. The van der Waals surface area contributed by atoms with Crippen molar-refractivity contribution in [1.82, 2.24) is 9.97 Å². The third kappa shape index (κ3) is 2.91. The monoisotopic (exact) mass is 363 g/mol. The summed E-state index contributed by atoms with van der Waals surface area (Å²) in [7, 11) is 0. The first-order valence-corrected chi connectivity index (χ1v) is 9.07. The van der Waals surface area contributed by atoms with Crippen molar-refractivity contribution in [2.75, 3.05) is 5.32 Å². The summed E-state index contributed by atoms with van der Waals surface area (Å²) < 4.78 is 0. The van der Waals surface area contributed by atoms with E-state index < -0.39 is 0 Å². The molecule has 4 heteroatoms. The minimum atomic E-state index is 0.263. The van der Waals surface area contributed by atoms with Gasteiger partial charge in [0.1, 0.15) is 11.6 Å². The molecule has 0 bridgehead atoms. The summed E-state index contributed by atoms with van der Waals surface area (Å²) in [4.78, 5) is 8.93. The number of nitrogens with one attached hydrogen (secondary N) is 1. The molecule has 2 aromatic heterocycles. The second-order valence-electron chi connectivity index (χ2n) is 6.64. The molecule has 0 saturated carbocycles. The molecule has 0 aliphatic carbocycles. The van der Waals surface area contributed by atoms with Gasteiger partial charge in [-0.25, -0.2) is 4.98 Å². The van der Waals surface area contributed by atoms with Crippen LogP contribution in [-0.2, 0) is 0 Å². The van der Waals surface area contributed by atoms with Crippen molar-refractivity contribution in [3.8, 4) is 16.9 Å². The van der Waals surface area contributed by atoms with Gasteiger partial charge in [0.2, 0.25) is 0 Å². The Labute approximate surface area is 162 Å². The molecule has 0 fully saturated rings. The molecule has 134 valence electrons. The van der Waals surface area contributed by atoms with Gasteiger partial charge in [-0.05, 0) is 59.0 Å². The van der Waals surface area contributed by atoms with E-state index in [1.54, 1.807) is 18.3 Å². The van der Waals surface area contributed by atoms with Crippen LogP contribution < -0.4 is 5.32 Å². The zero-order chi connectivity index (χ0) is 18.9. The van der Waals surface area contributed by atoms with Crippen LogP contribution in [-0.4, -0.2) is 15.1 Å². The molecule has 28 heavy (non-hydrogen) atoms. The van der Waals surface area contributed by atoms with Gasteiger partial charge in [0, 0.05) is 28.9 Å². The van der Waals surface area contributed by atoms with Crippen LogP contribution in [0.1, 0.15) is 0 Å². The Morgan fingerprint density at radius 1 is 0.714 bits per heavy atom. The van der Waals surface area contributed by atoms with E-state index in [0.29, 0.717) is 0 Å². The third-order valence-electron chi connectivity index (χ3n) is 4.85. The van der Waals surface area contributed by atoms with Gasteiger partial charge in [0.15, 0.2) is 0 Å². The SMILES string of the molecule is Oc1ccc(-c2cccc3c(Nc4ccc5ncccc5c4)nccc23)cc1. The van der Waals surface area contributed by atoms with Crippen molar-refractivity contribution in [3.63, 3.8) is 0 Å². The zero-order valence-electron chi connectivity index (χ0n) is 15.0. The number of fused-ring (bicyclic) bond motifs is 2. The number of aromatic nitrogens is 2. The Morgan fingerprint density at radius 2 is 1.61 bits per heavy atom. The Morgan fingerprint density at radius 3 is 2.50 bits per heavy atom. The maximum Gasteiger partial charge on any atom is 0.138 e. The second kappa shape index (κ2) is 6.67. The summed E-state index contributed by atoms with van der Waals surface area (Å²) in [5.41, 5.74) is 4.09. The molecule has 0 amide bonds. The number of hydrogen-bond donors (Lipinski definition) is 2. The lowest BCUT2D eigenvalue weighted by atomic mass is 9.99. The lowest BCUT2D eigenvalue weighted by Crippen LogP contribution is -1.95. The van der Waals surface area contributed by atoms with Crippen molar-refractivity contribution in [2.24, 2.45) is 0 Å². The first-order valence-electron chi connectivity index (χ1n) is 9.07. The maximum atomic E-state index is 9.58. The number of rotatable bonds is 3. The van der Waals surface area contributed by atoms with Crippen molar-refractivity contribution in [2.45, 2.75) is 0 Å². The molecule has 5 aromatic rings. The van der Waals surface area contributed by atoms with E-state index in [9.17, 15) is 5.11 Å². The summed E-state index contributed by atoms with van der Waals surface area (Å²) in [5.74, 6) is 1.07. The fourth-order valence-electron chi connectivity index (χ4n) is 3.49. The van der Waals surface area contributed by atoms with Crippen LogP contribution in [0.5, 0.6) is 5.75 Å². The lowest BCUT2D eigenvalue weighted by Gasteiger charge is -2.12. The molecule has 0 spiro atoms. The normalized spacial score (nSPS) is 11.0. The van der Waals surface area contributed by atoms with Gasteiger partial charge in [-0.2, -0.15) is 0 Å². The molecular formula is C24H17N3O. The summed E-state index contributed by atoms with van der Waals surface area (Å²) in [5, 5.41) is 16.3. The second-order valence-corrected chi connectivity index (χ2v) is 6.64. The van der Waals surface area contributed by atoms with Crippen LogP contribution in [0.25, 0.3) is 32.8 Å². The molecule has 5 rings (SSSR count). The first-order chi connectivity index (χ1) is 13.8. The summed E-state index contributed by atoms with van der Waals surface area (Å²) in [6.45, 7) is 0.